The predicted octanol–water partition coefficient (Wildman–Crippen LogP) is 1.87. The Morgan fingerprint density at radius 3 is 2.76 bits per heavy atom. The van der Waals surface area contributed by atoms with E-state index in [2.05, 4.69) is 6.07 Å². The van der Waals surface area contributed by atoms with Gasteiger partial charge in [0.25, 0.3) is 0 Å². The minimum absolute atomic E-state index is 0.440. The van der Waals surface area contributed by atoms with Gasteiger partial charge in [-0.3, -0.25) is 0 Å². The number of rotatable bonds is 2. The lowest BCUT2D eigenvalue weighted by atomic mass is 10.1. The molecule has 0 unspecified atom stereocenters. The molecule has 0 aliphatic carbocycles. The van der Waals surface area contributed by atoms with Crippen LogP contribution in [0, 0.1) is 11.3 Å². The lowest BCUT2D eigenvalue weighted by Crippen LogP contribution is -2.25. The molecular weight excluding hydrogens is 214 g/mol. The Kier molecular flexibility index (Phi) is 2.56. The molecule has 0 atom stereocenters. The zero-order valence-electron chi connectivity index (χ0n) is 9.94. The van der Waals surface area contributed by atoms with E-state index in [1.807, 2.05) is 10.6 Å². The van der Waals surface area contributed by atoms with Gasteiger partial charge in [0.05, 0.1) is 17.7 Å². The summed E-state index contributed by atoms with van der Waals surface area (Å²) in [6.45, 7) is 3.92. The second-order valence-electron chi connectivity index (χ2n) is 4.87. The first kappa shape index (κ1) is 11.5. The van der Waals surface area contributed by atoms with Gasteiger partial charge in [0.2, 0.25) is 0 Å². The molecule has 3 N–H and O–H groups in total. The van der Waals surface area contributed by atoms with Gasteiger partial charge in [0, 0.05) is 22.8 Å². The molecule has 1 aromatic heterocycles. The van der Waals surface area contributed by atoms with Gasteiger partial charge in [-0.2, -0.15) is 5.26 Å². The summed E-state index contributed by atoms with van der Waals surface area (Å²) in [5.41, 5.74) is 7.03. The fourth-order valence-corrected chi connectivity index (χ4v) is 1.95. The largest absolute Gasteiger partial charge is 0.399 e. The number of aromatic nitrogens is 1. The van der Waals surface area contributed by atoms with Crippen LogP contribution in [0.3, 0.4) is 0 Å². The van der Waals surface area contributed by atoms with Gasteiger partial charge in [0.15, 0.2) is 0 Å². The van der Waals surface area contributed by atoms with E-state index in [1.54, 1.807) is 32.2 Å². The smallest absolute Gasteiger partial charge is 0.101 e. The number of benzene rings is 1. The van der Waals surface area contributed by atoms with Crippen molar-refractivity contribution in [2.75, 3.05) is 5.73 Å². The number of hydrogen-bond acceptors (Lipinski definition) is 3. The molecule has 88 valence electrons. The SMILES string of the molecule is CC(C)(O)Cn1cc(C#N)c2cc(N)ccc21. The molecule has 1 aromatic carbocycles. The third-order valence-corrected chi connectivity index (χ3v) is 2.58. The molecule has 0 saturated carbocycles. The van der Waals surface area contributed by atoms with Gasteiger partial charge < -0.3 is 15.4 Å². The molecule has 4 nitrogen and oxygen atoms in total. The van der Waals surface area contributed by atoms with Crippen molar-refractivity contribution >= 4 is 16.6 Å². The van der Waals surface area contributed by atoms with Crippen LogP contribution in [0.25, 0.3) is 10.9 Å². The second-order valence-corrected chi connectivity index (χ2v) is 4.87. The standard InChI is InChI=1S/C13H15N3O/c1-13(2,17)8-16-7-9(6-14)11-5-10(15)3-4-12(11)16/h3-5,7,17H,8,15H2,1-2H3. The maximum Gasteiger partial charge on any atom is 0.101 e. The highest BCUT2D eigenvalue weighted by atomic mass is 16.3. The number of nitrogens with zero attached hydrogens (tertiary/aromatic N) is 2. The third-order valence-electron chi connectivity index (χ3n) is 2.58. The summed E-state index contributed by atoms with van der Waals surface area (Å²) in [6.07, 6.45) is 1.75. The summed E-state index contributed by atoms with van der Waals surface area (Å²) in [7, 11) is 0. The second kappa shape index (κ2) is 3.79. The van der Waals surface area contributed by atoms with Crippen LogP contribution in [0.15, 0.2) is 24.4 Å². The Balaban J connectivity index is 2.62. The highest BCUT2D eigenvalue weighted by Gasteiger charge is 2.16. The molecule has 1 heterocycles. The summed E-state index contributed by atoms with van der Waals surface area (Å²) in [5.74, 6) is 0. The highest BCUT2D eigenvalue weighted by Crippen LogP contribution is 2.24. The summed E-state index contributed by atoms with van der Waals surface area (Å²) >= 11 is 0. The van der Waals surface area contributed by atoms with Gasteiger partial charge in [-0.1, -0.05) is 0 Å². The van der Waals surface area contributed by atoms with Crippen molar-refractivity contribution < 1.29 is 5.11 Å². The van der Waals surface area contributed by atoms with Crippen LogP contribution >= 0.6 is 0 Å². The van der Waals surface area contributed by atoms with Gasteiger partial charge in [-0.15, -0.1) is 0 Å². The molecule has 0 amide bonds. The Hall–Kier alpha value is -1.99. The number of hydrogen-bond donors (Lipinski definition) is 2. The predicted molar refractivity (Wildman–Crippen MR) is 67.4 cm³/mol. The molecule has 0 bridgehead atoms. The lowest BCUT2D eigenvalue weighted by Gasteiger charge is -2.18. The minimum Gasteiger partial charge on any atom is -0.399 e. The van der Waals surface area contributed by atoms with Crippen LogP contribution < -0.4 is 5.73 Å². The zero-order valence-corrected chi connectivity index (χ0v) is 9.94. The van der Waals surface area contributed by atoms with E-state index in [0.717, 1.165) is 10.9 Å². The van der Waals surface area contributed by atoms with E-state index in [4.69, 9.17) is 11.0 Å². The fourth-order valence-electron chi connectivity index (χ4n) is 1.95. The molecule has 0 saturated heterocycles. The van der Waals surface area contributed by atoms with E-state index in [-0.39, 0.29) is 0 Å². The van der Waals surface area contributed by atoms with E-state index in [1.165, 1.54) is 0 Å². The normalized spacial score (nSPS) is 11.6. The highest BCUT2D eigenvalue weighted by molar-refractivity contribution is 5.88. The number of fused-ring (bicyclic) bond motifs is 1. The van der Waals surface area contributed by atoms with E-state index >= 15 is 0 Å². The van der Waals surface area contributed by atoms with Gasteiger partial charge in [-0.05, 0) is 32.0 Å². The Morgan fingerprint density at radius 1 is 1.47 bits per heavy atom. The van der Waals surface area contributed by atoms with Crippen molar-refractivity contribution in [2.45, 2.75) is 26.0 Å². The first-order valence-electron chi connectivity index (χ1n) is 5.41. The number of aliphatic hydroxyl groups is 1. The third kappa shape index (κ3) is 2.24. The maximum atomic E-state index is 9.84. The Morgan fingerprint density at radius 2 is 2.18 bits per heavy atom. The van der Waals surface area contributed by atoms with Crippen molar-refractivity contribution in [1.29, 1.82) is 5.26 Å². The van der Waals surface area contributed by atoms with Gasteiger partial charge >= 0.3 is 0 Å². The molecule has 4 heteroatoms. The minimum atomic E-state index is -0.819. The summed E-state index contributed by atoms with van der Waals surface area (Å²) < 4.78 is 1.88. The van der Waals surface area contributed by atoms with Crippen LogP contribution in [0.1, 0.15) is 19.4 Å². The molecule has 0 aliphatic heterocycles. The monoisotopic (exact) mass is 229 g/mol. The van der Waals surface area contributed by atoms with Gasteiger partial charge in [0.1, 0.15) is 6.07 Å². The maximum absolute atomic E-state index is 9.84. The summed E-state index contributed by atoms with van der Waals surface area (Å²) in [5, 5.41) is 19.7. The number of nitrogen functional groups attached to an aromatic ring is 1. The van der Waals surface area contributed by atoms with Crippen LogP contribution in [-0.2, 0) is 6.54 Å². The molecule has 0 aliphatic rings. The van der Waals surface area contributed by atoms with Crippen molar-refractivity contribution in [3.05, 3.63) is 30.0 Å². The Labute approximate surface area is 99.9 Å². The van der Waals surface area contributed by atoms with Crippen LogP contribution in [0.2, 0.25) is 0 Å². The van der Waals surface area contributed by atoms with Gasteiger partial charge in [-0.25, -0.2) is 0 Å². The molecule has 0 spiro atoms. The molecule has 2 rings (SSSR count). The summed E-state index contributed by atoms with van der Waals surface area (Å²) in [6, 6.07) is 7.60. The summed E-state index contributed by atoms with van der Waals surface area (Å²) in [4.78, 5) is 0. The topological polar surface area (TPSA) is 75.0 Å². The van der Waals surface area contributed by atoms with Crippen LogP contribution in [0.4, 0.5) is 5.69 Å². The van der Waals surface area contributed by atoms with E-state index < -0.39 is 5.60 Å². The molecule has 0 radical (unpaired) electrons. The van der Waals surface area contributed by atoms with Crippen LogP contribution in [-0.4, -0.2) is 15.3 Å². The quantitative estimate of drug-likeness (QED) is 0.772. The van der Waals surface area contributed by atoms with Crippen molar-refractivity contribution in [1.82, 2.24) is 4.57 Å². The first-order chi connectivity index (χ1) is 7.90. The number of nitrogens with two attached hydrogens (primary N) is 1. The average Bonchev–Trinajstić information content (AvgIpc) is 2.53. The zero-order chi connectivity index (χ0) is 12.6. The van der Waals surface area contributed by atoms with E-state index in [0.29, 0.717) is 17.8 Å². The van der Waals surface area contributed by atoms with Crippen LogP contribution in [0.5, 0.6) is 0 Å². The molecule has 0 fully saturated rings. The van der Waals surface area contributed by atoms with Crippen molar-refractivity contribution in [3.63, 3.8) is 0 Å². The van der Waals surface area contributed by atoms with Crippen molar-refractivity contribution in [2.24, 2.45) is 0 Å². The molecule has 17 heavy (non-hydrogen) atoms. The number of anilines is 1. The van der Waals surface area contributed by atoms with Crippen molar-refractivity contribution in [3.8, 4) is 6.07 Å². The lowest BCUT2D eigenvalue weighted by molar-refractivity contribution is 0.0628. The van der Waals surface area contributed by atoms with E-state index in [9.17, 15) is 5.11 Å². The first-order valence-corrected chi connectivity index (χ1v) is 5.41. The number of nitriles is 1. The Bertz CT molecular complexity index is 599. The fraction of sp³-hybridized carbons (Fsp3) is 0.308. The average molecular weight is 229 g/mol. The molecule has 2 aromatic rings. The molecular formula is C13H15N3O.